The second-order valence-electron chi connectivity index (χ2n) is 9.16. The lowest BCUT2D eigenvalue weighted by atomic mass is 9.92. The van der Waals surface area contributed by atoms with Crippen LogP contribution in [0.4, 0.5) is 0 Å². The molecule has 1 aromatic heterocycles. The fourth-order valence-electron chi connectivity index (χ4n) is 4.80. The van der Waals surface area contributed by atoms with Gasteiger partial charge < -0.3 is 4.90 Å². The van der Waals surface area contributed by atoms with Crippen LogP contribution in [0, 0.1) is 6.92 Å². The van der Waals surface area contributed by atoms with Crippen LogP contribution in [-0.4, -0.2) is 34.3 Å². The van der Waals surface area contributed by atoms with Crippen LogP contribution in [-0.2, 0) is 6.42 Å². The van der Waals surface area contributed by atoms with Crippen molar-refractivity contribution >= 4 is 23.2 Å². The van der Waals surface area contributed by atoms with Gasteiger partial charge in [0.2, 0.25) is 0 Å². The third-order valence-corrected chi connectivity index (χ3v) is 7.50. The Balaban J connectivity index is 1.37. The maximum Gasteiger partial charge on any atom is 0.0930 e. The van der Waals surface area contributed by atoms with E-state index in [0.717, 1.165) is 71.5 Å². The quantitative estimate of drug-likeness (QED) is 0.278. The highest BCUT2D eigenvalue weighted by Gasteiger charge is 2.25. The van der Waals surface area contributed by atoms with Gasteiger partial charge in [-0.2, -0.15) is 5.10 Å². The number of hydrogen-bond donors (Lipinski definition) is 0. The van der Waals surface area contributed by atoms with Crippen LogP contribution in [0.15, 0.2) is 78.9 Å². The first-order valence-corrected chi connectivity index (χ1v) is 12.7. The summed E-state index contributed by atoms with van der Waals surface area (Å²) in [6, 6.07) is 27.1. The molecular formula is C29H29Cl2N3. The van der Waals surface area contributed by atoms with Gasteiger partial charge in [-0.1, -0.05) is 65.7 Å². The Bertz CT molecular complexity index is 1240. The molecule has 0 bridgehead atoms. The second kappa shape index (κ2) is 10.4. The van der Waals surface area contributed by atoms with Crippen molar-refractivity contribution in [1.82, 2.24) is 14.7 Å². The summed E-state index contributed by atoms with van der Waals surface area (Å²) in [7, 11) is 0. The zero-order valence-electron chi connectivity index (χ0n) is 19.4. The third-order valence-electron chi connectivity index (χ3n) is 6.83. The molecule has 1 saturated heterocycles. The van der Waals surface area contributed by atoms with Gasteiger partial charge in [-0.25, -0.2) is 4.68 Å². The van der Waals surface area contributed by atoms with E-state index in [-0.39, 0.29) is 0 Å². The van der Waals surface area contributed by atoms with Gasteiger partial charge in [0.25, 0.3) is 0 Å². The summed E-state index contributed by atoms with van der Waals surface area (Å²) in [6.07, 6.45) is 3.37. The van der Waals surface area contributed by atoms with E-state index in [2.05, 4.69) is 58.1 Å². The van der Waals surface area contributed by atoms with Crippen molar-refractivity contribution in [2.24, 2.45) is 0 Å². The van der Waals surface area contributed by atoms with Gasteiger partial charge in [0.1, 0.15) is 0 Å². The van der Waals surface area contributed by atoms with Gasteiger partial charge in [0.05, 0.1) is 11.4 Å². The van der Waals surface area contributed by atoms with Gasteiger partial charge >= 0.3 is 0 Å². The average Bonchev–Trinajstić information content (AvgIpc) is 3.31. The van der Waals surface area contributed by atoms with Crippen LogP contribution in [0.2, 0.25) is 10.0 Å². The van der Waals surface area contributed by atoms with Gasteiger partial charge in [-0.15, -0.1) is 0 Å². The van der Waals surface area contributed by atoms with Crippen LogP contribution in [0.25, 0.3) is 16.9 Å². The van der Waals surface area contributed by atoms with Gasteiger partial charge in [-0.05, 0) is 86.8 Å². The number of rotatable bonds is 6. The largest absolute Gasteiger partial charge is 0.303 e. The number of hydrogen-bond acceptors (Lipinski definition) is 2. The maximum atomic E-state index is 6.31. The van der Waals surface area contributed by atoms with Gasteiger partial charge in [0, 0.05) is 33.8 Å². The molecule has 1 aliphatic rings. The van der Waals surface area contributed by atoms with E-state index in [1.807, 2.05) is 37.3 Å². The fourth-order valence-corrected chi connectivity index (χ4v) is 5.04. The van der Waals surface area contributed by atoms with Crippen molar-refractivity contribution in [3.8, 4) is 16.9 Å². The smallest absolute Gasteiger partial charge is 0.0930 e. The van der Waals surface area contributed by atoms with Gasteiger partial charge in [0.15, 0.2) is 0 Å². The lowest BCUT2D eigenvalue weighted by Gasteiger charge is -2.32. The summed E-state index contributed by atoms with van der Waals surface area (Å²) >= 11 is 12.4. The standard InChI is InChI=1S/C29H29Cl2N3/c1-21-19-26(11-12-27(21)31)34-29(20-28(32-34)23-7-9-25(30)10-8-23)24-14-17-33(18-15-24)16-13-22-5-3-2-4-6-22/h2-12,19-20,24H,13-18H2,1H3. The summed E-state index contributed by atoms with van der Waals surface area (Å²) < 4.78 is 2.12. The molecule has 34 heavy (non-hydrogen) atoms. The topological polar surface area (TPSA) is 21.1 Å². The summed E-state index contributed by atoms with van der Waals surface area (Å²) in [6.45, 7) is 5.37. The van der Waals surface area contributed by atoms with Gasteiger partial charge in [-0.3, -0.25) is 0 Å². The summed E-state index contributed by atoms with van der Waals surface area (Å²) in [5.41, 5.74) is 6.86. The molecule has 174 valence electrons. The lowest BCUT2D eigenvalue weighted by molar-refractivity contribution is 0.212. The molecule has 1 aliphatic heterocycles. The Morgan fingerprint density at radius 2 is 1.62 bits per heavy atom. The molecular weight excluding hydrogens is 461 g/mol. The normalized spacial score (nSPS) is 15.0. The molecule has 0 aliphatic carbocycles. The van der Waals surface area contributed by atoms with Crippen LogP contribution in [0.1, 0.15) is 35.6 Å². The molecule has 3 aromatic carbocycles. The van der Waals surface area contributed by atoms with Crippen LogP contribution < -0.4 is 0 Å². The first-order valence-electron chi connectivity index (χ1n) is 12.0. The molecule has 1 fully saturated rings. The number of aryl methyl sites for hydroxylation is 1. The Morgan fingerprint density at radius 3 is 2.32 bits per heavy atom. The van der Waals surface area contributed by atoms with E-state index in [4.69, 9.17) is 28.3 Å². The lowest BCUT2D eigenvalue weighted by Crippen LogP contribution is -2.35. The summed E-state index contributed by atoms with van der Waals surface area (Å²) in [5, 5.41) is 6.55. The second-order valence-corrected chi connectivity index (χ2v) is 10.0. The van der Waals surface area contributed by atoms with Crippen molar-refractivity contribution < 1.29 is 0 Å². The van der Waals surface area contributed by atoms with E-state index in [1.54, 1.807) is 0 Å². The predicted octanol–water partition coefficient (Wildman–Crippen LogP) is 7.58. The molecule has 5 rings (SSSR count). The van der Waals surface area contributed by atoms with E-state index in [0.29, 0.717) is 5.92 Å². The molecule has 3 nitrogen and oxygen atoms in total. The molecule has 2 heterocycles. The van der Waals surface area contributed by atoms with E-state index in [1.165, 1.54) is 11.3 Å². The molecule has 5 heteroatoms. The highest BCUT2D eigenvalue weighted by Crippen LogP contribution is 2.34. The zero-order valence-corrected chi connectivity index (χ0v) is 20.9. The first kappa shape index (κ1) is 23.2. The summed E-state index contributed by atoms with van der Waals surface area (Å²) in [4.78, 5) is 2.59. The highest BCUT2D eigenvalue weighted by molar-refractivity contribution is 6.31. The minimum absolute atomic E-state index is 0.470. The van der Waals surface area contributed by atoms with Crippen molar-refractivity contribution in [2.45, 2.75) is 32.1 Å². The van der Waals surface area contributed by atoms with E-state index < -0.39 is 0 Å². The molecule has 0 saturated carbocycles. The molecule has 0 unspecified atom stereocenters. The predicted molar refractivity (Wildman–Crippen MR) is 142 cm³/mol. The first-order chi connectivity index (χ1) is 16.6. The van der Waals surface area contributed by atoms with Crippen LogP contribution >= 0.6 is 23.2 Å². The average molecular weight is 490 g/mol. The maximum absolute atomic E-state index is 6.31. The number of benzene rings is 3. The Morgan fingerprint density at radius 1 is 0.882 bits per heavy atom. The molecule has 0 spiro atoms. The molecule has 4 aromatic rings. The SMILES string of the molecule is Cc1cc(-n2nc(-c3ccc(Cl)cc3)cc2C2CCN(CCc3ccccc3)CC2)ccc1Cl. The number of halogens is 2. The molecule has 0 radical (unpaired) electrons. The molecule has 0 N–H and O–H groups in total. The van der Waals surface area contributed by atoms with Crippen molar-refractivity contribution in [2.75, 3.05) is 19.6 Å². The fraction of sp³-hybridized carbons (Fsp3) is 0.276. The van der Waals surface area contributed by atoms with E-state index >= 15 is 0 Å². The van der Waals surface area contributed by atoms with Crippen LogP contribution in [0.5, 0.6) is 0 Å². The minimum Gasteiger partial charge on any atom is -0.303 e. The van der Waals surface area contributed by atoms with Crippen molar-refractivity contribution in [1.29, 1.82) is 0 Å². The third kappa shape index (κ3) is 5.22. The Kier molecular flexibility index (Phi) is 7.05. The number of nitrogens with zero attached hydrogens (tertiary/aromatic N) is 3. The monoisotopic (exact) mass is 489 g/mol. The number of aromatic nitrogens is 2. The van der Waals surface area contributed by atoms with Crippen molar-refractivity contribution in [3.05, 3.63) is 106 Å². The minimum atomic E-state index is 0.470. The zero-order chi connectivity index (χ0) is 23.5. The number of likely N-dealkylation sites (tertiary alicyclic amines) is 1. The Hall–Kier alpha value is -2.59. The van der Waals surface area contributed by atoms with Crippen LogP contribution in [0.3, 0.4) is 0 Å². The highest BCUT2D eigenvalue weighted by atomic mass is 35.5. The molecule has 0 amide bonds. The Labute approximate surface area is 211 Å². The van der Waals surface area contributed by atoms with Crippen molar-refractivity contribution in [3.63, 3.8) is 0 Å². The summed E-state index contributed by atoms with van der Waals surface area (Å²) in [5.74, 6) is 0.470. The van der Waals surface area contributed by atoms with E-state index in [9.17, 15) is 0 Å². The molecule has 0 atom stereocenters. The number of piperidine rings is 1.